The van der Waals surface area contributed by atoms with Crippen molar-refractivity contribution in [2.45, 2.75) is 70.0 Å². The molecule has 0 rings (SSSR count). The van der Waals surface area contributed by atoms with E-state index in [4.69, 9.17) is 0 Å². The Morgan fingerprint density at radius 1 is 1.00 bits per heavy atom. The lowest BCUT2D eigenvalue weighted by atomic mass is 10.1. The maximum absolute atomic E-state index is 4.43. The molecule has 0 aromatic heterocycles. The smallest absolute Gasteiger partial charge is 0.00168 e. The normalized spacial score (nSPS) is 13.2. The summed E-state index contributed by atoms with van der Waals surface area (Å²) in [4.78, 5) is 0. The van der Waals surface area contributed by atoms with Crippen molar-refractivity contribution in [1.29, 1.82) is 0 Å². The van der Waals surface area contributed by atoms with Gasteiger partial charge in [0.1, 0.15) is 0 Å². The van der Waals surface area contributed by atoms with Gasteiger partial charge in [-0.15, -0.1) is 0 Å². The predicted molar refractivity (Wildman–Crippen MR) is 65.4 cm³/mol. The Kier molecular flexibility index (Phi) is 10.7. The van der Waals surface area contributed by atoms with Crippen LogP contribution in [0.4, 0.5) is 0 Å². The van der Waals surface area contributed by atoms with Crippen LogP contribution in [0.3, 0.4) is 0 Å². The fraction of sp³-hybridized carbons (Fsp3) is 0.917. The topological polar surface area (TPSA) is 0 Å². The first-order valence-corrected chi connectivity index (χ1v) is 6.30. The summed E-state index contributed by atoms with van der Waals surface area (Å²) in [7, 11) is 0. The minimum absolute atomic E-state index is 0.538. The number of hydrogen-bond donors (Lipinski definition) is 1. The van der Waals surface area contributed by atoms with Gasteiger partial charge in [-0.2, -0.15) is 12.6 Å². The van der Waals surface area contributed by atoms with Crippen LogP contribution in [0.25, 0.3) is 0 Å². The Bertz CT molecular complexity index is 91.1. The molecule has 13 heavy (non-hydrogen) atoms. The van der Waals surface area contributed by atoms with Crippen LogP contribution >= 0.6 is 12.6 Å². The van der Waals surface area contributed by atoms with E-state index in [2.05, 4.69) is 26.5 Å². The van der Waals surface area contributed by atoms with Gasteiger partial charge in [0.15, 0.2) is 0 Å². The molecule has 1 unspecified atom stereocenters. The summed E-state index contributed by atoms with van der Waals surface area (Å²) in [5.74, 6) is 0. The first kappa shape index (κ1) is 13.4. The molecular formula is C12H25S. The fourth-order valence-electron chi connectivity index (χ4n) is 1.48. The van der Waals surface area contributed by atoms with Gasteiger partial charge in [-0.3, -0.25) is 0 Å². The number of hydrogen-bond acceptors (Lipinski definition) is 1. The van der Waals surface area contributed by atoms with E-state index in [1.165, 1.54) is 51.4 Å². The van der Waals surface area contributed by atoms with Gasteiger partial charge < -0.3 is 0 Å². The first-order valence-electron chi connectivity index (χ1n) is 5.78. The zero-order valence-corrected chi connectivity index (χ0v) is 9.99. The van der Waals surface area contributed by atoms with Crippen LogP contribution in [0.1, 0.15) is 64.7 Å². The fourth-order valence-corrected chi connectivity index (χ4v) is 1.66. The number of thiol groups is 1. The summed E-state index contributed by atoms with van der Waals surface area (Å²) >= 11 is 4.43. The van der Waals surface area contributed by atoms with Crippen molar-refractivity contribution >= 4 is 12.6 Å². The van der Waals surface area contributed by atoms with E-state index in [0.29, 0.717) is 5.25 Å². The van der Waals surface area contributed by atoms with Gasteiger partial charge in [-0.1, -0.05) is 58.8 Å². The molecule has 0 aliphatic carbocycles. The van der Waals surface area contributed by atoms with E-state index >= 15 is 0 Å². The molecule has 0 nitrogen and oxygen atoms in total. The van der Waals surface area contributed by atoms with Gasteiger partial charge >= 0.3 is 0 Å². The minimum atomic E-state index is 0.538. The van der Waals surface area contributed by atoms with Crippen LogP contribution in [0.15, 0.2) is 0 Å². The SMILES string of the molecule is [CH2]CC(S)CCCCCCCCC. The van der Waals surface area contributed by atoms with Gasteiger partial charge in [0.2, 0.25) is 0 Å². The molecule has 0 aromatic rings. The molecule has 79 valence electrons. The highest BCUT2D eigenvalue weighted by atomic mass is 32.1. The zero-order chi connectivity index (χ0) is 9.94. The number of unbranched alkanes of at least 4 members (excludes halogenated alkanes) is 6. The quantitative estimate of drug-likeness (QED) is 0.407. The molecule has 0 N–H and O–H groups in total. The Balaban J connectivity index is 2.91. The molecule has 1 heteroatoms. The number of rotatable bonds is 9. The monoisotopic (exact) mass is 201 g/mol. The molecule has 0 aliphatic rings. The first-order chi connectivity index (χ1) is 6.31. The van der Waals surface area contributed by atoms with Crippen LogP contribution in [-0.4, -0.2) is 5.25 Å². The Morgan fingerprint density at radius 3 is 2.08 bits per heavy atom. The third kappa shape index (κ3) is 10.3. The molecule has 0 saturated heterocycles. The third-order valence-corrected chi connectivity index (χ3v) is 2.99. The summed E-state index contributed by atoms with van der Waals surface area (Å²) < 4.78 is 0. The van der Waals surface area contributed by atoms with Gasteiger partial charge in [0, 0.05) is 5.25 Å². The van der Waals surface area contributed by atoms with Gasteiger partial charge in [0.05, 0.1) is 0 Å². The molecule has 0 aromatic carbocycles. The molecule has 1 radical (unpaired) electrons. The molecule has 0 spiro atoms. The Morgan fingerprint density at radius 2 is 1.54 bits per heavy atom. The maximum Gasteiger partial charge on any atom is 0.00168 e. The van der Waals surface area contributed by atoms with Crippen molar-refractivity contribution in [2.24, 2.45) is 0 Å². The standard InChI is InChI=1S/C12H25S/c1-3-5-6-7-8-9-10-11-12(13)4-2/h12-13H,2-11H2,1H3. The Hall–Kier alpha value is 0.350. The third-order valence-electron chi connectivity index (χ3n) is 2.47. The van der Waals surface area contributed by atoms with E-state index in [-0.39, 0.29) is 0 Å². The molecule has 0 heterocycles. The average Bonchev–Trinajstić information content (AvgIpc) is 2.16. The predicted octanol–water partition coefficient (Wildman–Crippen LogP) is 4.65. The molecule has 0 fully saturated rings. The highest BCUT2D eigenvalue weighted by Gasteiger charge is 1.98. The van der Waals surface area contributed by atoms with E-state index in [1.54, 1.807) is 0 Å². The Labute approximate surface area is 89.9 Å². The van der Waals surface area contributed by atoms with Crippen molar-refractivity contribution in [3.63, 3.8) is 0 Å². The highest BCUT2D eigenvalue weighted by Crippen LogP contribution is 2.13. The van der Waals surface area contributed by atoms with E-state index in [0.717, 1.165) is 6.42 Å². The summed E-state index contributed by atoms with van der Waals surface area (Å²) in [6.07, 6.45) is 12.0. The molecule has 0 bridgehead atoms. The van der Waals surface area contributed by atoms with Crippen molar-refractivity contribution < 1.29 is 0 Å². The van der Waals surface area contributed by atoms with Crippen LogP contribution in [0, 0.1) is 6.92 Å². The van der Waals surface area contributed by atoms with Crippen molar-refractivity contribution in [2.75, 3.05) is 0 Å². The molecule has 0 amide bonds. The lowest BCUT2D eigenvalue weighted by Gasteiger charge is -2.06. The van der Waals surface area contributed by atoms with Gasteiger partial charge in [0.25, 0.3) is 0 Å². The average molecular weight is 201 g/mol. The van der Waals surface area contributed by atoms with Gasteiger partial charge in [-0.05, 0) is 12.8 Å². The molecule has 0 aliphatic heterocycles. The van der Waals surface area contributed by atoms with Crippen molar-refractivity contribution in [1.82, 2.24) is 0 Å². The largest absolute Gasteiger partial charge is 0.176 e. The summed E-state index contributed by atoms with van der Waals surface area (Å²) in [5.41, 5.74) is 0. The molecule has 1 atom stereocenters. The van der Waals surface area contributed by atoms with Gasteiger partial charge in [-0.25, -0.2) is 0 Å². The van der Waals surface area contributed by atoms with E-state index < -0.39 is 0 Å². The van der Waals surface area contributed by atoms with E-state index in [9.17, 15) is 0 Å². The van der Waals surface area contributed by atoms with Crippen molar-refractivity contribution in [3.05, 3.63) is 6.92 Å². The minimum Gasteiger partial charge on any atom is -0.176 e. The second-order valence-electron chi connectivity index (χ2n) is 3.85. The lowest BCUT2D eigenvalue weighted by molar-refractivity contribution is 0.570. The van der Waals surface area contributed by atoms with Crippen LogP contribution in [0.5, 0.6) is 0 Å². The van der Waals surface area contributed by atoms with Crippen LogP contribution in [-0.2, 0) is 0 Å². The second-order valence-corrected chi connectivity index (χ2v) is 4.58. The summed E-state index contributed by atoms with van der Waals surface area (Å²) in [5, 5.41) is 0.538. The molecular weight excluding hydrogens is 176 g/mol. The van der Waals surface area contributed by atoms with Crippen LogP contribution in [0.2, 0.25) is 0 Å². The van der Waals surface area contributed by atoms with E-state index in [1.807, 2.05) is 0 Å². The summed E-state index contributed by atoms with van der Waals surface area (Å²) in [6.45, 7) is 6.11. The zero-order valence-electron chi connectivity index (χ0n) is 9.10. The van der Waals surface area contributed by atoms with Crippen molar-refractivity contribution in [3.8, 4) is 0 Å². The second kappa shape index (κ2) is 10.4. The highest BCUT2D eigenvalue weighted by molar-refractivity contribution is 7.80. The summed E-state index contributed by atoms with van der Waals surface area (Å²) in [6, 6.07) is 0. The molecule has 0 saturated carbocycles. The maximum atomic E-state index is 4.43. The lowest BCUT2D eigenvalue weighted by Crippen LogP contribution is -1.95. The van der Waals surface area contributed by atoms with Crippen LogP contribution < -0.4 is 0 Å².